The first-order chi connectivity index (χ1) is 8.99. The van der Waals surface area contributed by atoms with Gasteiger partial charge in [0.2, 0.25) is 0 Å². The molecule has 0 heterocycles. The minimum atomic E-state index is -0.211. The molecule has 0 atom stereocenters. The van der Waals surface area contributed by atoms with Crippen LogP contribution in [0.3, 0.4) is 0 Å². The van der Waals surface area contributed by atoms with E-state index in [-0.39, 0.29) is 5.82 Å². The smallest absolute Gasteiger partial charge is 0.123 e. The van der Waals surface area contributed by atoms with Gasteiger partial charge in [-0.2, -0.15) is 0 Å². The molecule has 0 radical (unpaired) electrons. The van der Waals surface area contributed by atoms with E-state index in [4.69, 9.17) is 4.74 Å². The maximum Gasteiger partial charge on any atom is 0.123 e. The van der Waals surface area contributed by atoms with Crippen molar-refractivity contribution in [2.24, 2.45) is 11.8 Å². The molecule has 0 saturated heterocycles. The number of rotatable bonds is 8. The average Bonchev–Trinajstić information content (AvgIpc) is 2.31. The third-order valence-electron chi connectivity index (χ3n) is 2.84. The van der Waals surface area contributed by atoms with Crippen LogP contribution < -0.4 is 10.1 Å². The van der Waals surface area contributed by atoms with Crippen molar-refractivity contribution in [1.82, 2.24) is 5.32 Å². The number of hydrogen-bond acceptors (Lipinski definition) is 2. The highest BCUT2D eigenvalue weighted by molar-refractivity contribution is 5.33. The van der Waals surface area contributed by atoms with Crippen LogP contribution in [0.2, 0.25) is 0 Å². The summed E-state index contributed by atoms with van der Waals surface area (Å²) in [6.07, 6.45) is 1.01. The largest absolute Gasteiger partial charge is 0.493 e. The predicted octanol–water partition coefficient (Wildman–Crippen LogP) is 4.00. The minimum Gasteiger partial charge on any atom is -0.493 e. The van der Waals surface area contributed by atoms with Crippen molar-refractivity contribution < 1.29 is 9.13 Å². The predicted molar refractivity (Wildman–Crippen MR) is 77.9 cm³/mol. The van der Waals surface area contributed by atoms with Crippen LogP contribution in [0.15, 0.2) is 18.2 Å². The Kier molecular flexibility index (Phi) is 6.85. The van der Waals surface area contributed by atoms with E-state index in [0.717, 1.165) is 24.3 Å². The highest BCUT2D eigenvalue weighted by atomic mass is 19.1. The summed E-state index contributed by atoms with van der Waals surface area (Å²) in [4.78, 5) is 0. The van der Waals surface area contributed by atoms with Gasteiger partial charge >= 0.3 is 0 Å². The van der Waals surface area contributed by atoms with Gasteiger partial charge in [-0.3, -0.25) is 0 Å². The maximum atomic E-state index is 13.3. The van der Waals surface area contributed by atoms with Gasteiger partial charge in [0.05, 0.1) is 6.61 Å². The van der Waals surface area contributed by atoms with E-state index in [0.29, 0.717) is 25.0 Å². The number of nitrogens with one attached hydrogen (secondary N) is 1. The van der Waals surface area contributed by atoms with Crippen LogP contribution in [0.1, 0.15) is 39.7 Å². The number of hydrogen-bond donors (Lipinski definition) is 1. The van der Waals surface area contributed by atoms with E-state index >= 15 is 0 Å². The van der Waals surface area contributed by atoms with Crippen molar-refractivity contribution in [1.29, 1.82) is 0 Å². The molecule has 19 heavy (non-hydrogen) atoms. The van der Waals surface area contributed by atoms with E-state index in [1.165, 1.54) is 6.07 Å². The molecule has 0 saturated carbocycles. The summed E-state index contributed by atoms with van der Waals surface area (Å²) in [6, 6.07) is 4.73. The van der Waals surface area contributed by atoms with Crippen LogP contribution in [-0.4, -0.2) is 13.2 Å². The van der Waals surface area contributed by atoms with Gasteiger partial charge in [-0.1, -0.05) is 27.7 Å². The summed E-state index contributed by atoms with van der Waals surface area (Å²) >= 11 is 0. The van der Waals surface area contributed by atoms with Gasteiger partial charge in [0.15, 0.2) is 0 Å². The molecular formula is C16H26FNO. The lowest BCUT2D eigenvalue weighted by Gasteiger charge is -2.14. The van der Waals surface area contributed by atoms with Crippen LogP contribution in [0, 0.1) is 17.7 Å². The first kappa shape index (κ1) is 16.0. The molecule has 0 bridgehead atoms. The molecule has 0 aliphatic rings. The second-order valence-corrected chi connectivity index (χ2v) is 5.81. The second-order valence-electron chi connectivity index (χ2n) is 5.81. The molecule has 0 amide bonds. The fraction of sp³-hybridized carbons (Fsp3) is 0.625. The topological polar surface area (TPSA) is 21.3 Å². The lowest BCUT2D eigenvalue weighted by Crippen LogP contribution is -2.19. The number of ether oxygens (including phenoxy) is 1. The summed E-state index contributed by atoms with van der Waals surface area (Å²) in [5.41, 5.74) is 0.893. The Hall–Kier alpha value is -1.09. The minimum absolute atomic E-state index is 0.211. The zero-order valence-corrected chi connectivity index (χ0v) is 12.5. The SMILES string of the molecule is CC(C)CCOc1ccc(F)cc1CNCC(C)C. The molecule has 0 aliphatic heterocycles. The summed E-state index contributed by atoms with van der Waals surface area (Å²) in [6.45, 7) is 10.9. The molecule has 1 aromatic rings. The highest BCUT2D eigenvalue weighted by Crippen LogP contribution is 2.20. The number of halogens is 1. The van der Waals surface area contributed by atoms with E-state index in [1.807, 2.05) is 0 Å². The van der Waals surface area contributed by atoms with Gasteiger partial charge in [-0.25, -0.2) is 4.39 Å². The van der Waals surface area contributed by atoms with Gasteiger partial charge in [-0.05, 0) is 43.0 Å². The van der Waals surface area contributed by atoms with Crippen molar-refractivity contribution in [3.8, 4) is 5.75 Å². The van der Waals surface area contributed by atoms with Crippen LogP contribution in [0.4, 0.5) is 4.39 Å². The molecule has 0 fully saturated rings. The molecule has 1 N–H and O–H groups in total. The Morgan fingerprint density at radius 3 is 2.53 bits per heavy atom. The molecule has 3 heteroatoms. The van der Waals surface area contributed by atoms with Gasteiger partial charge in [0, 0.05) is 12.1 Å². The van der Waals surface area contributed by atoms with Crippen molar-refractivity contribution in [3.05, 3.63) is 29.6 Å². The highest BCUT2D eigenvalue weighted by Gasteiger charge is 2.06. The Bertz CT molecular complexity index is 377. The zero-order chi connectivity index (χ0) is 14.3. The van der Waals surface area contributed by atoms with E-state index < -0.39 is 0 Å². The molecule has 1 aromatic carbocycles. The average molecular weight is 267 g/mol. The third-order valence-corrected chi connectivity index (χ3v) is 2.84. The molecule has 0 aromatic heterocycles. The molecule has 2 nitrogen and oxygen atoms in total. The Morgan fingerprint density at radius 2 is 1.89 bits per heavy atom. The molecule has 0 aliphatic carbocycles. The first-order valence-corrected chi connectivity index (χ1v) is 7.11. The summed E-state index contributed by atoms with van der Waals surface area (Å²) in [7, 11) is 0. The molecule has 1 rings (SSSR count). The lowest BCUT2D eigenvalue weighted by atomic mass is 10.1. The van der Waals surface area contributed by atoms with E-state index in [2.05, 4.69) is 33.0 Å². The zero-order valence-electron chi connectivity index (χ0n) is 12.5. The normalized spacial score (nSPS) is 11.3. The molecule has 0 spiro atoms. The van der Waals surface area contributed by atoms with E-state index in [9.17, 15) is 4.39 Å². The van der Waals surface area contributed by atoms with Crippen molar-refractivity contribution in [2.75, 3.05) is 13.2 Å². The molecule has 108 valence electrons. The van der Waals surface area contributed by atoms with Crippen molar-refractivity contribution in [3.63, 3.8) is 0 Å². The standard InChI is InChI=1S/C16H26FNO/c1-12(2)7-8-19-16-6-5-15(17)9-14(16)11-18-10-13(3)4/h5-6,9,12-13,18H,7-8,10-11H2,1-4H3. The van der Waals surface area contributed by atoms with Crippen LogP contribution in [0.25, 0.3) is 0 Å². The fourth-order valence-electron chi connectivity index (χ4n) is 1.73. The maximum absolute atomic E-state index is 13.3. The number of benzene rings is 1. The Labute approximate surface area is 116 Å². The molecular weight excluding hydrogens is 241 g/mol. The fourth-order valence-corrected chi connectivity index (χ4v) is 1.73. The lowest BCUT2D eigenvalue weighted by molar-refractivity contribution is 0.285. The summed E-state index contributed by atoms with van der Waals surface area (Å²) < 4.78 is 19.1. The van der Waals surface area contributed by atoms with E-state index in [1.54, 1.807) is 12.1 Å². The van der Waals surface area contributed by atoms with Crippen molar-refractivity contribution in [2.45, 2.75) is 40.7 Å². The van der Waals surface area contributed by atoms with Gasteiger partial charge in [0.1, 0.15) is 11.6 Å². The monoisotopic (exact) mass is 267 g/mol. The van der Waals surface area contributed by atoms with Gasteiger partial charge in [0.25, 0.3) is 0 Å². The Balaban J connectivity index is 2.58. The van der Waals surface area contributed by atoms with Gasteiger partial charge in [-0.15, -0.1) is 0 Å². The molecule has 0 unspecified atom stereocenters. The Morgan fingerprint density at radius 1 is 1.16 bits per heavy atom. The first-order valence-electron chi connectivity index (χ1n) is 7.11. The summed E-state index contributed by atoms with van der Waals surface area (Å²) in [5.74, 6) is 1.78. The quantitative estimate of drug-likeness (QED) is 0.768. The van der Waals surface area contributed by atoms with Crippen LogP contribution >= 0.6 is 0 Å². The third kappa shape index (κ3) is 6.58. The van der Waals surface area contributed by atoms with Crippen LogP contribution in [0.5, 0.6) is 5.75 Å². The second kappa shape index (κ2) is 8.16. The van der Waals surface area contributed by atoms with Gasteiger partial charge < -0.3 is 10.1 Å². The van der Waals surface area contributed by atoms with Crippen molar-refractivity contribution >= 4 is 0 Å². The van der Waals surface area contributed by atoms with Crippen LogP contribution in [-0.2, 0) is 6.54 Å². The summed E-state index contributed by atoms with van der Waals surface area (Å²) in [5, 5.41) is 3.32.